The first-order valence-electron chi connectivity index (χ1n) is 14.4. The highest BCUT2D eigenvalue weighted by Crippen LogP contribution is 2.36. The molecule has 1 heterocycles. The maximum atomic E-state index is 13.0. The highest BCUT2D eigenvalue weighted by atomic mass is 32.2. The van der Waals surface area contributed by atoms with Crippen LogP contribution in [0.5, 0.6) is 11.5 Å². The summed E-state index contributed by atoms with van der Waals surface area (Å²) >= 11 is 0. The van der Waals surface area contributed by atoms with Gasteiger partial charge in [-0.15, -0.1) is 0 Å². The Hall–Kier alpha value is -3.27. The third-order valence-electron chi connectivity index (χ3n) is 6.65. The number of unbranched alkanes of at least 4 members (excludes halogenated alkanes) is 1. The van der Waals surface area contributed by atoms with Crippen LogP contribution in [0.1, 0.15) is 78.2 Å². The van der Waals surface area contributed by atoms with Crippen LogP contribution >= 0.6 is 0 Å². The van der Waals surface area contributed by atoms with Gasteiger partial charge in [-0.25, -0.2) is 13.2 Å². The number of likely N-dealkylation sites (tertiary alicyclic amines) is 1. The Morgan fingerprint density at radius 1 is 0.976 bits per heavy atom. The Balaban J connectivity index is 1.55. The first-order valence-corrected chi connectivity index (χ1v) is 16.1. The maximum Gasteiger partial charge on any atom is 0.410 e. The van der Waals surface area contributed by atoms with Crippen molar-refractivity contribution in [3.8, 4) is 11.5 Å². The molecule has 226 valence electrons. The molecular weight excluding hydrogens is 544 g/mol. The fourth-order valence-electron chi connectivity index (χ4n) is 4.63. The molecule has 0 aromatic heterocycles. The molecule has 1 saturated heterocycles. The zero-order chi connectivity index (χ0) is 29.9. The predicted octanol–water partition coefficient (Wildman–Crippen LogP) is 6.53. The summed E-state index contributed by atoms with van der Waals surface area (Å²) < 4.78 is 45.6. The Bertz CT molecular complexity index is 1230. The van der Waals surface area contributed by atoms with Crippen LogP contribution in [-0.2, 0) is 25.3 Å². The fraction of sp³-hybridized carbons (Fsp3) is 0.548. The number of sulfonamides is 1. The van der Waals surface area contributed by atoms with Crippen LogP contribution in [0, 0.1) is 5.92 Å². The van der Waals surface area contributed by atoms with Gasteiger partial charge in [-0.3, -0.25) is 9.52 Å². The van der Waals surface area contributed by atoms with Gasteiger partial charge in [0.15, 0.2) is 5.75 Å². The minimum absolute atomic E-state index is 0.120. The lowest BCUT2D eigenvalue weighted by Crippen LogP contribution is -2.41. The van der Waals surface area contributed by atoms with Crippen molar-refractivity contribution in [2.75, 3.05) is 24.4 Å². The molecule has 1 aliphatic heterocycles. The van der Waals surface area contributed by atoms with Crippen molar-refractivity contribution in [2.24, 2.45) is 5.92 Å². The molecule has 1 aliphatic rings. The monoisotopic (exact) mass is 588 g/mol. The lowest BCUT2D eigenvalue weighted by molar-refractivity contribution is -0.134. The van der Waals surface area contributed by atoms with Gasteiger partial charge in [-0.2, -0.15) is 0 Å². The second-order valence-electron chi connectivity index (χ2n) is 11.5. The number of rotatable bonds is 13. The minimum Gasteiger partial charge on any atom is -0.491 e. The van der Waals surface area contributed by atoms with Crippen LogP contribution in [0.2, 0.25) is 0 Å². The lowest BCUT2D eigenvalue weighted by atomic mass is 9.92. The minimum atomic E-state index is -3.81. The number of anilines is 1. The van der Waals surface area contributed by atoms with Gasteiger partial charge in [0.2, 0.25) is 10.0 Å². The molecule has 1 fully saturated rings. The molecule has 0 unspecified atom stereocenters. The van der Waals surface area contributed by atoms with Crippen LogP contribution in [0.4, 0.5) is 10.5 Å². The van der Waals surface area contributed by atoms with E-state index < -0.39 is 21.6 Å². The van der Waals surface area contributed by atoms with E-state index in [0.717, 1.165) is 32.1 Å². The van der Waals surface area contributed by atoms with Crippen LogP contribution in [0.3, 0.4) is 0 Å². The highest BCUT2D eigenvalue weighted by molar-refractivity contribution is 7.91. The maximum absolute atomic E-state index is 13.0. The first-order chi connectivity index (χ1) is 19.5. The lowest BCUT2D eigenvalue weighted by Gasteiger charge is -2.33. The summed E-state index contributed by atoms with van der Waals surface area (Å²) in [7, 11) is -3.81. The molecule has 41 heavy (non-hydrogen) atoms. The van der Waals surface area contributed by atoms with E-state index in [-0.39, 0.29) is 29.7 Å². The summed E-state index contributed by atoms with van der Waals surface area (Å²) in [5, 5.41) is 0. The van der Waals surface area contributed by atoms with Crippen molar-refractivity contribution in [2.45, 2.75) is 84.0 Å². The zero-order valence-electron chi connectivity index (χ0n) is 24.7. The number of amides is 1. The smallest absolute Gasteiger partial charge is 0.410 e. The van der Waals surface area contributed by atoms with Crippen LogP contribution in [0.15, 0.2) is 48.5 Å². The number of hydrogen-bond acceptors (Lipinski definition) is 7. The van der Waals surface area contributed by atoms with Crippen LogP contribution in [-0.4, -0.2) is 50.7 Å². The quantitative estimate of drug-likeness (QED) is 0.161. The second kappa shape index (κ2) is 15.1. The Morgan fingerprint density at radius 2 is 1.66 bits per heavy atom. The number of benzene rings is 2. The number of carbonyl (C=O) groups excluding carboxylic acids is 2. The largest absolute Gasteiger partial charge is 0.491 e. The van der Waals surface area contributed by atoms with Gasteiger partial charge in [0.05, 0.1) is 12.4 Å². The molecule has 2 aromatic carbocycles. The molecule has 9 nitrogen and oxygen atoms in total. The van der Waals surface area contributed by atoms with E-state index in [9.17, 15) is 18.0 Å². The summed E-state index contributed by atoms with van der Waals surface area (Å²) in [6, 6.07) is 13.8. The van der Waals surface area contributed by atoms with Crippen molar-refractivity contribution in [3.63, 3.8) is 0 Å². The number of nitrogens with zero attached hydrogens (tertiary/aromatic N) is 1. The molecule has 1 N–H and O–H groups in total. The molecule has 3 rings (SSSR count). The molecule has 10 heteroatoms. The van der Waals surface area contributed by atoms with E-state index in [2.05, 4.69) is 4.72 Å². The van der Waals surface area contributed by atoms with Crippen molar-refractivity contribution < 1.29 is 32.2 Å². The summed E-state index contributed by atoms with van der Waals surface area (Å²) in [6.07, 6.45) is 5.22. The van der Waals surface area contributed by atoms with E-state index in [4.69, 9.17) is 14.2 Å². The molecule has 0 spiro atoms. The van der Waals surface area contributed by atoms with Gasteiger partial charge in [0, 0.05) is 19.5 Å². The summed E-state index contributed by atoms with van der Waals surface area (Å²) in [4.78, 5) is 26.3. The van der Waals surface area contributed by atoms with Gasteiger partial charge in [-0.05, 0) is 76.5 Å². The third kappa shape index (κ3) is 11.3. The van der Waals surface area contributed by atoms with Gasteiger partial charge in [-0.1, -0.05) is 49.7 Å². The van der Waals surface area contributed by atoms with Crippen molar-refractivity contribution >= 4 is 27.8 Å². The highest BCUT2D eigenvalue weighted by Gasteiger charge is 2.26. The zero-order valence-corrected chi connectivity index (χ0v) is 25.5. The average molecular weight is 589 g/mol. The van der Waals surface area contributed by atoms with E-state index >= 15 is 0 Å². The number of piperidine rings is 1. The average Bonchev–Trinajstić information content (AvgIpc) is 2.90. The topological polar surface area (TPSA) is 111 Å². The predicted molar refractivity (Wildman–Crippen MR) is 160 cm³/mol. The number of carbonyl (C=O) groups is 2. The Labute approximate surface area is 244 Å². The van der Waals surface area contributed by atoms with Crippen molar-refractivity contribution in [3.05, 3.63) is 54.1 Å². The summed E-state index contributed by atoms with van der Waals surface area (Å²) in [5.74, 6) is 0.307. The standard InChI is InChI=1S/C31H44N2O7S/c1-5-12-28(34)39-27-17-11-16-26(29(27)32-41(36,37)23-25-14-7-6-8-15-25)38-22-10-9-13-24-18-20-33(21-19-24)30(35)40-31(2,3)4/h6-8,11,14-17,24,32H,5,9-10,12-13,18-23H2,1-4H3. The number of ether oxygens (including phenoxy) is 3. The number of hydrogen-bond donors (Lipinski definition) is 1. The van der Waals surface area contributed by atoms with E-state index in [1.54, 1.807) is 47.4 Å². The first kappa shape index (κ1) is 32.2. The van der Waals surface area contributed by atoms with Gasteiger partial charge >= 0.3 is 12.1 Å². The Kier molecular flexibility index (Phi) is 11.9. The van der Waals surface area contributed by atoms with Crippen molar-refractivity contribution in [1.82, 2.24) is 4.90 Å². The van der Waals surface area contributed by atoms with E-state index in [1.165, 1.54) is 0 Å². The molecule has 0 bridgehead atoms. The molecule has 0 atom stereocenters. The molecule has 0 radical (unpaired) electrons. The molecule has 0 aliphatic carbocycles. The number of nitrogens with one attached hydrogen (secondary N) is 1. The van der Waals surface area contributed by atoms with Crippen molar-refractivity contribution in [1.29, 1.82) is 0 Å². The summed E-state index contributed by atoms with van der Waals surface area (Å²) in [5.41, 5.74) is 0.272. The van der Waals surface area contributed by atoms with Gasteiger partial charge < -0.3 is 19.1 Å². The molecular formula is C31H44N2O7S. The normalized spacial score (nSPS) is 14.4. The van der Waals surface area contributed by atoms with E-state index in [1.807, 2.05) is 33.8 Å². The number of para-hydroxylation sites is 1. The number of esters is 1. The third-order valence-corrected chi connectivity index (χ3v) is 7.88. The fourth-order valence-corrected chi connectivity index (χ4v) is 5.84. The molecule has 0 saturated carbocycles. The van der Waals surface area contributed by atoms with Gasteiger partial charge in [0.1, 0.15) is 17.0 Å². The molecule has 2 aromatic rings. The Morgan fingerprint density at radius 3 is 2.32 bits per heavy atom. The SMILES string of the molecule is CCCC(=O)Oc1cccc(OCCCCC2CCN(C(=O)OC(C)(C)C)CC2)c1NS(=O)(=O)Cc1ccccc1. The molecule has 1 amide bonds. The second-order valence-corrected chi connectivity index (χ2v) is 13.2. The summed E-state index contributed by atoms with van der Waals surface area (Å²) in [6.45, 7) is 9.27. The van der Waals surface area contributed by atoms with E-state index in [0.29, 0.717) is 43.3 Å². The van der Waals surface area contributed by atoms with Crippen LogP contribution < -0.4 is 14.2 Å². The van der Waals surface area contributed by atoms with Crippen LogP contribution in [0.25, 0.3) is 0 Å². The van der Waals surface area contributed by atoms with Gasteiger partial charge in [0.25, 0.3) is 0 Å².